The van der Waals surface area contributed by atoms with Gasteiger partial charge in [0.05, 0.1) is 24.9 Å². The van der Waals surface area contributed by atoms with Crippen molar-refractivity contribution in [3.63, 3.8) is 0 Å². The van der Waals surface area contributed by atoms with Gasteiger partial charge in [0.2, 0.25) is 0 Å². The second-order valence-electron chi connectivity index (χ2n) is 10.6. The number of fused-ring (bicyclic) bond motifs is 1. The van der Waals surface area contributed by atoms with Crippen LogP contribution in [0.15, 0.2) is 54.6 Å². The van der Waals surface area contributed by atoms with Crippen molar-refractivity contribution in [2.24, 2.45) is 0 Å². The predicted molar refractivity (Wildman–Crippen MR) is 154 cm³/mol. The molecule has 3 heterocycles. The maximum atomic E-state index is 13.5. The van der Waals surface area contributed by atoms with E-state index in [1.807, 2.05) is 42.5 Å². The topological polar surface area (TPSA) is 109 Å². The van der Waals surface area contributed by atoms with E-state index >= 15 is 0 Å². The zero-order valence-electron chi connectivity index (χ0n) is 23.9. The first-order chi connectivity index (χ1) is 19.7. The van der Waals surface area contributed by atoms with E-state index in [0.717, 1.165) is 42.1 Å². The van der Waals surface area contributed by atoms with E-state index in [0.29, 0.717) is 16.8 Å². The molecular formula is C30H36N6O5. The number of amides is 2. The molecule has 1 saturated heterocycles. The minimum absolute atomic E-state index is 0.122. The van der Waals surface area contributed by atoms with Crippen LogP contribution in [-0.4, -0.2) is 83.9 Å². The number of ether oxygens (including phenoxy) is 2. The first-order valence-corrected chi connectivity index (χ1v) is 13.8. The Hall–Kier alpha value is -4.22. The molecule has 5 rings (SSSR count). The average molecular weight is 561 g/mol. The molecular weight excluding hydrogens is 524 g/mol. The quantitative estimate of drug-likeness (QED) is 0.468. The third-order valence-electron chi connectivity index (χ3n) is 7.39. The number of carbonyl (C=O) groups is 3. The number of hydrogen-bond donors (Lipinski definition) is 1. The highest BCUT2D eigenvalue weighted by molar-refractivity contribution is 6.04. The van der Waals surface area contributed by atoms with Crippen LogP contribution < -0.4 is 10.2 Å². The summed E-state index contributed by atoms with van der Waals surface area (Å²) in [7, 11) is 3.60. The van der Waals surface area contributed by atoms with E-state index in [-0.39, 0.29) is 36.8 Å². The van der Waals surface area contributed by atoms with Gasteiger partial charge in [-0.3, -0.25) is 9.59 Å². The molecule has 0 saturated carbocycles. The van der Waals surface area contributed by atoms with Crippen LogP contribution in [0.5, 0.6) is 0 Å². The number of methoxy groups -OCH3 is 1. The van der Waals surface area contributed by atoms with Crippen molar-refractivity contribution in [3.05, 3.63) is 77.0 Å². The smallest absolute Gasteiger partial charge is 0.435 e. The van der Waals surface area contributed by atoms with Gasteiger partial charge in [-0.05, 0) is 50.7 Å². The van der Waals surface area contributed by atoms with Crippen molar-refractivity contribution in [1.82, 2.24) is 19.6 Å². The Kier molecular flexibility index (Phi) is 8.36. The minimum atomic E-state index is -0.805. The molecule has 2 aliphatic rings. The molecule has 1 N–H and O–H groups in total. The number of anilines is 2. The van der Waals surface area contributed by atoms with E-state index in [2.05, 4.69) is 27.3 Å². The number of nitrogens with zero attached hydrogens (tertiary/aromatic N) is 5. The third kappa shape index (κ3) is 6.10. The molecule has 41 heavy (non-hydrogen) atoms. The van der Waals surface area contributed by atoms with Crippen molar-refractivity contribution in [2.75, 3.05) is 50.6 Å². The van der Waals surface area contributed by atoms with Gasteiger partial charge in [-0.2, -0.15) is 4.68 Å². The van der Waals surface area contributed by atoms with Crippen LogP contribution in [-0.2, 0) is 27.4 Å². The lowest BCUT2D eigenvalue weighted by Crippen LogP contribution is -2.44. The SMILES string of the molecule is CO[C@@H](C(=O)N1Cc2c(NC(=O)c3ccc(N4CCN(C)CC4)cc3)nn(C(=O)OC(C)C)c2C1)c1ccccc1. The number of rotatable bonds is 7. The molecule has 1 atom stereocenters. The molecule has 1 fully saturated rings. The Morgan fingerprint density at radius 2 is 1.61 bits per heavy atom. The molecule has 11 heteroatoms. The fraction of sp³-hybridized carbons (Fsp3) is 0.400. The molecule has 0 spiro atoms. The fourth-order valence-electron chi connectivity index (χ4n) is 5.14. The number of aromatic nitrogens is 2. The van der Waals surface area contributed by atoms with Gasteiger partial charge in [-0.1, -0.05) is 30.3 Å². The summed E-state index contributed by atoms with van der Waals surface area (Å²) in [6.45, 7) is 7.62. The molecule has 0 unspecified atom stereocenters. The Labute approximate surface area is 239 Å². The van der Waals surface area contributed by atoms with Gasteiger partial charge in [0.1, 0.15) is 0 Å². The maximum absolute atomic E-state index is 13.5. The van der Waals surface area contributed by atoms with Crippen LogP contribution in [0.25, 0.3) is 0 Å². The summed E-state index contributed by atoms with van der Waals surface area (Å²) in [6, 6.07) is 16.7. The number of piperazine rings is 1. The molecule has 0 aliphatic carbocycles. The summed E-state index contributed by atoms with van der Waals surface area (Å²) >= 11 is 0. The fourth-order valence-corrected chi connectivity index (χ4v) is 5.14. The zero-order chi connectivity index (χ0) is 29.1. The highest BCUT2D eigenvalue weighted by Crippen LogP contribution is 2.33. The summed E-state index contributed by atoms with van der Waals surface area (Å²) in [5.74, 6) is -0.392. The van der Waals surface area contributed by atoms with Crippen LogP contribution in [0, 0.1) is 0 Å². The van der Waals surface area contributed by atoms with Gasteiger partial charge in [-0.25, -0.2) is 4.79 Å². The van der Waals surface area contributed by atoms with Crippen molar-refractivity contribution in [2.45, 2.75) is 39.1 Å². The van der Waals surface area contributed by atoms with Crippen molar-refractivity contribution in [3.8, 4) is 0 Å². The zero-order valence-corrected chi connectivity index (χ0v) is 23.9. The lowest BCUT2D eigenvalue weighted by Gasteiger charge is -2.34. The maximum Gasteiger partial charge on any atom is 0.435 e. The normalized spacial score (nSPS) is 16.0. The summed E-state index contributed by atoms with van der Waals surface area (Å²) in [6.07, 6.45) is -1.84. The Bertz CT molecular complexity index is 1400. The van der Waals surface area contributed by atoms with Crippen LogP contribution >= 0.6 is 0 Å². The van der Waals surface area contributed by atoms with Gasteiger partial charge in [0.15, 0.2) is 11.9 Å². The van der Waals surface area contributed by atoms with Crippen LogP contribution in [0.1, 0.15) is 47.1 Å². The van der Waals surface area contributed by atoms with Crippen molar-refractivity contribution < 1.29 is 23.9 Å². The van der Waals surface area contributed by atoms with Gasteiger partial charge >= 0.3 is 6.09 Å². The third-order valence-corrected chi connectivity index (χ3v) is 7.39. The Balaban J connectivity index is 1.36. The van der Waals surface area contributed by atoms with Gasteiger partial charge in [0, 0.05) is 50.1 Å². The first kappa shape index (κ1) is 28.3. The number of carbonyl (C=O) groups excluding carboxylic acids is 3. The molecule has 3 aromatic rings. The summed E-state index contributed by atoms with van der Waals surface area (Å²) < 4.78 is 12.1. The lowest BCUT2D eigenvalue weighted by atomic mass is 10.1. The molecule has 0 radical (unpaired) electrons. The van der Waals surface area contributed by atoms with Gasteiger partial charge < -0.3 is 29.5 Å². The molecule has 2 aliphatic heterocycles. The molecule has 1 aromatic heterocycles. The standard InChI is InChI=1S/C30H36N6O5/c1-20(2)41-30(39)36-25-19-35(29(38)26(40-4)21-8-6-5-7-9-21)18-24(25)27(32-36)31-28(37)22-10-12-23(13-11-22)34-16-14-33(3)15-17-34/h5-13,20,26H,14-19H2,1-4H3,(H,31,32,37)/t26-/m1/s1. The van der Waals surface area contributed by atoms with Crippen molar-refractivity contribution >= 4 is 29.4 Å². The number of nitrogens with one attached hydrogen (secondary N) is 1. The minimum Gasteiger partial charge on any atom is -0.445 e. The Morgan fingerprint density at radius 3 is 2.24 bits per heavy atom. The highest BCUT2D eigenvalue weighted by atomic mass is 16.6. The van der Waals surface area contributed by atoms with Crippen LogP contribution in [0.3, 0.4) is 0 Å². The molecule has 2 aromatic carbocycles. The number of likely N-dealkylation sites (N-methyl/N-ethyl adjacent to an activating group) is 1. The van der Waals surface area contributed by atoms with E-state index in [1.54, 1.807) is 30.9 Å². The van der Waals surface area contributed by atoms with Gasteiger partial charge in [-0.15, -0.1) is 5.10 Å². The number of benzene rings is 2. The van der Waals surface area contributed by atoms with E-state index in [4.69, 9.17) is 9.47 Å². The second-order valence-corrected chi connectivity index (χ2v) is 10.6. The molecule has 216 valence electrons. The predicted octanol–water partition coefficient (Wildman–Crippen LogP) is 3.51. The summed E-state index contributed by atoms with van der Waals surface area (Å²) in [5, 5.41) is 7.25. The van der Waals surface area contributed by atoms with Crippen LogP contribution in [0.2, 0.25) is 0 Å². The largest absolute Gasteiger partial charge is 0.445 e. The molecule has 2 amide bonds. The van der Waals surface area contributed by atoms with Gasteiger partial charge in [0.25, 0.3) is 11.8 Å². The van der Waals surface area contributed by atoms with Crippen molar-refractivity contribution in [1.29, 1.82) is 0 Å². The van der Waals surface area contributed by atoms with Crippen LogP contribution in [0.4, 0.5) is 16.3 Å². The van der Waals surface area contributed by atoms with E-state index in [9.17, 15) is 14.4 Å². The number of hydrogen-bond acceptors (Lipinski definition) is 8. The average Bonchev–Trinajstić information content (AvgIpc) is 3.55. The first-order valence-electron chi connectivity index (χ1n) is 13.8. The second kappa shape index (κ2) is 12.1. The monoisotopic (exact) mass is 560 g/mol. The molecule has 11 nitrogen and oxygen atoms in total. The highest BCUT2D eigenvalue weighted by Gasteiger charge is 2.36. The summed E-state index contributed by atoms with van der Waals surface area (Å²) in [5.41, 5.74) is 3.34. The van der Waals surface area contributed by atoms with E-state index < -0.39 is 12.2 Å². The lowest BCUT2D eigenvalue weighted by molar-refractivity contribution is -0.143. The molecule has 0 bridgehead atoms. The van der Waals surface area contributed by atoms with E-state index in [1.165, 1.54) is 7.11 Å². The Morgan fingerprint density at radius 1 is 0.927 bits per heavy atom. The summed E-state index contributed by atoms with van der Waals surface area (Å²) in [4.78, 5) is 45.8.